The number of carbonyl (C=O) groups is 2. The van der Waals surface area contributed by atoms with Crippen molar-refractivity contribution in [2.75, 3.05) is 20.2 Å². The number of amides is 2. The minimum atomic E-state index is -0.494. The van der Waals surface area contributed by atoms with Crippen LogP contribution in [-0.2, 0) is 22.7 Å². The van der Waals surface area contributed by atoms with Gasteiger partial charge in [0.1, 0.15) is 11.6 Å². The van der Waals surface area contributed by atoms with E-state index in [1.165, 1.54) is 0 Å². The van der Waals surface area contributed by atoms with Gasteiger partial charge in [-0.1, -0.05) is 12.1 Å². The van der Waals surface area contributed by atoms with Gasteiger partial charge in [0, 0.05) is 32.0 Å². The van der Waals surface area contributed by atoms with E-state index < -0.39 is 6.04 Å². The number of imidazole rings is 1. The van der Waals surface area contributed by atoms with E-state index in [1.54, 1.807) is 19.5 Å². The quantitative estimate of drug-likeness (QED) is 0.667. The third kappa shape index (κ3) is 4.60. The van der Waals surface area contributed by atoms with Crippen molar-refractivity contribution in [3.63, 3.8) is 0 Å². The molecule has 0 unspecified atom stereocenters. The fourth-order valence-corrected chi connectivity index (χ4v) is 3.00. The summed E-state index contributed by atoms with van der Waals surface area (Å²) < 4.78 is 5.25. The van der Waals surface area contributed by atoms with Crippen LogP contribution in [0.1, 0.15) is 17.8 Å². The maximum absolute atomic E-state index is 12.3. The number of hydrogen-bond acceptors (Lipinski definition) is 5. The average molecular weight is 357 g/mol. The molecule has 1 aromatic heterocycles. The third-order valence-electron chi connectivity index (χ3n) is 4.35. The fourth-order valence-electron chi connectivity index (χ4n) is 3.00. The molecular weight excluding hydrogens is 334 g/mol. The first-order chi connectivity index (χ1) is 12.7. The van der Waals surface area contributed by atoms with E-state index in [1.807, 2.05) is 29.2 Å². The first-order valence-electron chi connectivity index (χ1n) is 8.55. The number of ether oxygens (including phenoxy) is 1. The summed E-state index contributed by atoms with van der Waals surface area (Å²) in [6.07, 6.45) is 3.44. The molecule has 0 radical (unpaired) electrons. The van der Waals surface area contributed by atoms with Gasteiger partial charge in [0.05, 0.1) is 26.1 Å². The first kappa shape index (κ1) is 17.9. The summed E-state index contributed by atoms with van der Waals surface area (Å²) in [6.45, 7) is 2.17. The predicted octanol–water partition coefficient (Wildman–Crippen LogP) is 0.425. The van der Waals surface area contributed by atoms with Gasteiger partial charge in [0.25, 0.3) is 0 Å². The number of methoxy groups -OCH3 is 1. The van der Waals surface area contributed by atoms with Gasteiger partial charge in [-0.15, -0.1) is 0 Å². The lowest BCUT2D eigenvalue weighted by molar-refractivity contribution is -0.134. The number of rotatable bonds is 7. The summed E-state index contributed by atoms with van der Waals surface area (Å²) >= 11 is 0. The zero-order valence-electron chi connectivity index (χ0n) is 14.7. The van der Waals surface area contributed by atoms with Gasteiger partial charge in [-0.2, -0.15) is 0 Å². The lowest BCUT2D eigenvalue weighted by Gasteiger charge is -2.34. The van der Waals surface area contributed by atoms with E-state index in [9.17, 15) is 9.59 Å². The van der Waals surface area contributed by atoms with Crippen LogP contribution >= 0.6 is 0 Å². The van der Waals surface area contributed by atoms with Gasteiger partial charge < -0.3 is 20.4 Å². The minimum absolute atomic E-state index is 0.108. The second-order valence-corrected chi connectivity index (χ2v) is 6.15. The summed E-state index contributed by atoms with van der Waals surface area (Å²) in [6, 6.07) is 7.24. The number of aromatic amines is 1. The van der Waals surface area contributed by atoms with Crippen LogP contribution in [0.5, 0.6) is 5.75 Å². The molecule has 8 heteroatoms. The van der Waals surface area contributed by atoms with Gasteiger partial charge in [-0.05, 0) is 17.7 Å². The van der Waals surface area contributed by atoms with E-state index in [0.29, 0.717) is 32.0 Å². The number of piperazine rings is 1. The van der Waals surface area contributed by atoms with Crippen molar-refractivity contribution >= 4 is 11.8 Å². The zero-order valence-corrected chi connectivity index (χ0v) is 14.7. The molecule has 3 N–H and O–H groups in total. The molecular formula is C18H23N5O3. The molecule has 2 aromatic rings. The second-order valence-electron chi connectivity index (χ2n) is 6.15. The number of hydrogen-bond donors (Lipinski definition) is 3. The fraction of sp³-hybridized carbons (Fsp3) is 0.389. The van der Waals surface area contributed by atoms with Gasteiger partial charge in [-0.3, -0.25) is 14.5 Å². The molecule has 0 saturated carbocycles. The van der Waals surface area contributed by atoms with Crippen LogP contribution in [0.15, 0.2) is 36.7 Å². The number of carbonyl (C=O) groups excluding carboxylic acids is 2. The lowest BCUT2D eigenvalue weighted by Crippen LogP contribution is -2.56. The highest BCUT2D eigenvalue weighted by Crippen LogP contribution is 2.18. The first-order valence-corrected chi connectivity index (χ1v) is 8.55. The van der Waals surface area contributed by atoms with E-state index in [2.05, 4.69) is 20.6 Å². The summed E-state index contributed by atoms with van der Waals surface area (Å²) in [5.41, 5.74) is 1.04. The van der Waals surface area contributed by atoms with E-state index in [0.717, 1.165) is 11.3 Å². The monoisotopic (exact) mass is 357 g/mol. The molecule has 0 aliphatic carbocycles. The largest absolute Gasteiger partial charge is 0.497 e. The Morgan fingerprint density at radius 2 is 2.35 bits per heavy atom. The molecule has 3 rings (SSSR count). The van der Waals surface area contributed by atoms with Crippen LogP contribution in [0.3, 0.4) is 0 Å². The number of H-pyrrole nitrogens is 1. The highest BCUT2D eigenvalue weighted by molar-refractivity contribution is 5.88. The van der Waals surface area contributed by atoms with Crippen LogP contribution in [0.25, 0.3) is 0 Å². The van der Waals surface area contributed by atoms with Crippen LogP contribution in [0.2, 0.25) is 0 Å². The van der Waals surface area contributed by atoms with Crippen LogP contribution < -0.4 is 15.4 Å². The van der Waals surface area contributed by atoms with Gasteiger partial charge in [0.2, 0.25) is 11.8 Å². The summed E-state index contributed by atoms with van der Waals surface area (Å²) in [5, 5.41) is 5.64. The summed E-state index contributed by atoms with van der Waals surface area (Å²) in [5.74, 6) is 1.16. The zero-order chi connectivity index (χ0) is 18.4. The molecule has 1 saturated heterocycles. The Hall–Kier alpha value is -2.87. The molecule has 2 amide bonds. The Kier molecular flexibility index (Phi) is 5.85. The van der Waals surface area contributed by atoms with Gasteiger partial charge in [0.15, 0.2) is 0 Å². The SMILES string of the molecule is COc1cccc(CN2CCNC(=O)[C@@H]2CC(=O)NCc2ncc[nH]2)c1. The van der Waals surface area contributed by atoms with E-state index >= 15 is 0 Å². The molecule has 138 valence electrons. The van der Waals surface area contributed by atoms with Crippen LogP contribution in [0, 0.1) is 0 Å². The van der Waals surface area contributed by atoms with E-state index in [-0.39, 0.29) is 18.2 Å². The standard InChI is InChI=1S/C18H23N5O3/c1-26-14-4-2-3-13(9-14)12-23-8-7-21-18(25)15(23)10-17(24)22-11-16-19-5-6-20-16/h2-6,9,15H,7-8,10-12H2,1H3,(H,19,20)(H,21,25)(H,22,24)/t15-/m0/s1. The molecule has 8 nitrogen and oxygen atoms in total. The molecule has 1 aliphatic rings. The molecule has 0 bridgehead atoms. The molecule has 26 heavy (non-hydrogen) atoms. The molecule has 1 aromatic carbocycles. The van der Waals surface area contributed by atoms with Crippen molar-refractivity contribution in [1.82, 2.24) is 25.5 Å². The predicted molar refractivity (Wildman–Crippen MR) is 95.3 cm³/mol. The summed E-state index contributed by atoms with van der Waals surface area (Å²) in [7, 11) is 1.62. The molecule has 1 atom stereocenters. The minimum Gasteiger partial charge on any atom is -0.497 e. The Morgan fingerprint density at radius 3 is 3.12 bits per heavy atom. The highest BCUT2D eigenvalue weighted by Gasteiger charge is 2.31. The molecule has 1 aliphatic heterocycles. The Bertz CT molecular complexity index is 747. The number of nitrogens with one attached hydrogen (secondary N) is 3. The average Bonchev–Trinajstić information content (AvgIpc) is 3.17. The normalized spacial score (nSPS) is 17.6. The van der Waals surface area contributed by atoms with Crippen molar-refractivity contribution in [3.8, 4) is 5.75 Å². The van der Waals surface area contributed by atoms with Crippen LogP contribution in [0.4, 0.5) is 0 Å². The Balaban J connectivity index is 1.61. The third-order valence-corrected chi connectivity index (χ3v) is 4.35. The number of nitrogens with zero attached hydrogens (tertiary/aromatic N) is 2. The second kappa shape index (κ2) is 8.48. The number of aromatic nitrogens is 2. The lowest BCUT2D eigenvalue weighted by atomic mass is 10.1. The van der Waals surface area contributed by atoms with Gasteiger partial charge in [-0.25, -0.2) is 4.98 Å². The van der Waals surface area contributed by atoms with Crippen molar-refractivity contribution in [2.45, 2.75) is 25.6 Å². The topological polar surface area (TPSA) is 99.3 Å². The highest BCUT2D eigenvalue weighted by atomic mass is 16.5. The molecule has 2 heterocycles. The molecule has 1 fully saturated rings. The summed E-state index contributed by atoms with van der Waals surface area (Å²) in [4.78, 5) is 33.6. The van der Waals surface area contributed by atoms with Crippen LogP contribution in [-0.4, -0.2) is 52.9 Å². The number of benzene rings is 1. The van der Waals surface area contributed by atoms with Crippen molar-refractivity contribution in [1.29, 1.82) is 0 Å². The maximum atomic E-state index is 12.3. The smallest absolute Gasteiger partial charge is 0.237 e. The van der Waals surface area contributed by atoms with Crippen molar-refractivity contribution < 1.29 is 14.3 Å². The van der Waals surface area contributed by atoms with Gasteiger partial charge >= 0.3 is 0 Å². The van der Waals surface area contributed by atoms with Crippen molar-refractivity contribution in [2.24, 2.45) is 0 Å². The Morgan fingerprint density at radius 1 is 1.46 bits per heavy atom. The molecule has 0 spiro atoms. The Labute approximate surface area is 151 Å². The van der Waals surface area contributed by atoms with E-state index in [4.69, 9.17) is 4.74 Å². The van der Waals surface area contributed by atoms with Crippen molar-refractivity contribution in [3.05, 3.63) is 48.0 Å². The maximum Gasteiger partial charge on any atom is 0.237 e.